The van der Waals surface area contributed by atoms with Gasteiger partial charge in [0.1, 0.15) is 5.75 Å². The molecule has 0 heterocycles. The third-order valence-corrected chi connectivity index (χ3v) is 10.8. The van der Waals surface area contributed by atoms with Crippen LogP contribution in [0.2, 0.25) is 0 Å². The van der Waals surface area contributed by atoms with E-state index in [0.717, 1.165) is 16.9 Å². The lowest BCUT2D eigenvalue weighted by Crippen LogP contribution is -2.27. The smallest absolute Gasteiger partial charge is 0.124 e. The number of benzene rings is 3. The molecule has 0 atom stereocenters. The van der Waals surface area contributed by atoms with Crippen LogP contribution in [0.15, 0.2) is 60.7 Å². The molecule has 2 saturated carbocycles. The van der Waals surface area contributed by atoms with Gasteiger partial charge in [0.25, 0.3) is 0 Å². The van der Waals surface area contributed by atoms with Gasteiger partial charge >= 0.3 is 0 Å². The molecule has 0 saturated heterocycles. The Morgan fingerprint density at radius 2 is 1.23 bits per heavy atom. The molecule has 0 aliphatic heterocycles. The highest BCUT2D eigenvalue weighted by Crippen LogP contribution is 2.56. The highest BCUT2D eigenvalue weighted by molar-refractivity contribution is 7.67. The van der Waals surface area contributed by atoms with Crippen LogP contribution in [0.4, 0.5) is 0 Å². The minimum absolute atomic E-state index is 0.215. The van der Waals surface area contributed by atoms with Crippen LogP contribution in [0.3, 0.4) is 0 Å². The first-order chi connectivity index (χ1) is 14.8. The van der Waals surface area contributed by atoms with E-state index in [4.69, 9.17) is 0 Å². The first-order valence-corrected chi connectivity index (χ1v) is 13.4. The van der Waals surface area contributed by atoms with Gasteiger partial charge in [0.05, 0.1) is 0 Å². The molecule has 1 nitrogen and oxygen atoms in total. The van der Waals surface area contributed by atoms with Crippen LogP contribution in [0, 0.1) is 0 Å². The van der Waals surface area contributed by atoms with E-state index in [0.29, 0.717) is 5.75 Å². The summed E-state index contributed by atoms with van der Waals surface area (Å²) >= 11 is 0. The third kappa shape index (κ3) is 3.90. The average molecular weight is 417 g/mol. The quantitative estimate of drug-likeness (QED) is 0.427. The van der Waals surface area contributed by atoms with Crippen LogP contribution in [-0.2, 0) is 0 Å². The number of phenolic OH excluding ortho intramolecular Hbond substituents is 1. The molecule has 30 heavy (non-hydrogen) atoms. The van der Waals surface area contributed by atoms with E-state index in [9.17, 15) is 5.11 Å². The zero-order chi connectivity index (χ0) is 20.3. The molecule has 2 aliphatic carbocycles. The molecule has 0 unspecified atom stereocenters. The van der Waals surface area contributed by atoms with Gasteiger partial charge in [-0.2, -0.15) is 0 Å². The second-order valence-corrected chi connectivity index (χ2v) is 11.9. The molecule has 0 amide bonds. The molecule has 3 aromatic rings. The van der Waals surface area contributed by atoms with Crippen molar-refractivity contribution in [2.24, 2.45) is 0 Å². The standard InChI is InChI=1S/C28H33OP/c29-26-20-19-21-11-7-8-16-24(21)28(26)25-17-9-10-18-27(25)30(22-12-3-1-4-13-22)23-14-5-2-6-15-23/h7-11,16-20,22-23,29H,1-6,12-15H2. The lowest BCUT2D eigenvalue weighted by molar-refractivity contribution is 0.478. The van der Waals surface area contributed by atoms with Crippen LogP contribution >= 0.6 is 7.92 Å². The molecular formula is C28H33OP. The predicted molar refractivity (Wildman–Crippen MR) is 131 cm³/mol. The van der Waals surface area contributed by atoms with E-state index in [1.807, 2.05) is 12.1 Å². The van der Waals surface area contributed by atoms with E-state index in [1.165, 1.54) is 80.5 Å². The summed E-state index contributed by atoms with van der Waals surface area (Å²) in [6, 6.07) is 21.5. The molecule has 156 valence electrons. The maximum absolute atomic E-state index is 11.0. The summed E-state index contributed by atoms with van der Waals surface area (Å²) in [4.78, 5) is 0. The lowest BCUT2D eigenvalue weighted by Gasteiger charge is -2.39. The summed E-state index contributed by atoms with van der Waals surface area (Å²) in [6.45, 7) is 0. The maximum Gasteiger partial charge on any atom is 0.124 e. The molecule has 0 aromatic heterocycles. The van der Waals surface area contributed by atoms with Gasteiger partial charge in [-0.1, -0.05) is 101 Å². The molecular weight excluding hydrogens is 383 g/mol. The fourth-order valence-corrected chi connectivity index (χ4v) is 9.81. The lowest BCUT2D eigenvalue weighted by atomic mass is 9.97. The Hall–Kier alpha value is -1.85. The number of hydrogen-bond acceptors (Lipinski definition) is 1. The number of phenols is 1. The Balaban J connectivity index is 1.67. The Morgan fingerprint density at radius 3 is 1.93 bits per heavy atom. The summed E-state index contributed by atoms with van der Waals surface area (Å²) in [5, 5.41) is 14.9. The van der Waals surface area contributed by atoms with Crippen molar-refractivity contribution in [1.82, 2.24) is 0 Å². The van der Waals surface area contributed by atoms with Crippen LogP contribution < -0.4 is 5.30 Å². The Morgan fingerprint density at radius 1 is 0.633 bits per heavy atom. The first-order valence-electron chi connectivity index (χ1n) is 11.9. The number of hydrogen-bond donors (Lipinski definition) is 1. The SMILES string of the molecule is Oc1ccc2ccccc2c1-c1ccccc1P(C1CCCCC1)C1CCCCC1. The van der Waals surface area contributed by atoms with Crippen molar-refractivity contribution in [3.63, 3.8) is 0 Å². The molecule has 3 aromatic carbocycles. The van der Waals surface area contributed by atoms with Crippen molar-refractivity contribution in [3.8, 4) is 16.9 Å². The van der Waals surface area contributed by atoms with Crippen LogP contribution in [0.1, 0.15) is 64.2 Å². The zero-order valence-corrected chi connectivity index (χ0v) is 18.8. The van der Waals surface area contributed by atoms with Crippen molar-refractivity contribution in [1.29, 1.82) is 0 Å². The fraction of sp³-hybridized carbons (Fsp3) is 0.429. The van der Waals surface area contributed by atoms with Crippen molar-refractivity contribution in [2.45, 2.75) is 75.5 Å². The maximum atomic E-state index is 11.0. The van der Waals surface area contributed by atoms with E-state index in [2.05, 4.69) is 48.5 Å². The minimum Gasteiger partial charge on any atom is -0.507 e. The van der Waals surface area contributed by atoms with E-state index in [1.54, 1.807) is 5.30 Å². The van der Waals surface area contributed by atoms with Crippen LogP contribution in [-0.4, -0.2) is 16.4 Å². The van der Waals surface area contributed by atoms with Crippen molar-refractivity contribution >= 4 is 24.0 Å². The molecule has 2 fully saturated rings. The first kappa shape index (κ1) is 20.1. The monoisotopic (exact) mass is 416 g/mol. The summed E-state index contributed by atoms with van der Waals surface area (Å²) in [5.74, 6) is 0.420. The topological polar surface area (TPSA) is 20.2 Å². The third-order valence-electron chi connectivity index (χ3n) is 7.29. The molecule has 0 radical (unpaired) electrons. The summed E-state index contributed by atoms with van der Waals surface area (Å²) in [6.07, 6.45) is 14.0. The van der Waals surface area contributed by atoms with Crippen molar-refractivity contribution < 1.29 is 5.11 Å². The predicted octanol–water partition coefficient (Wildman–Crippen LogP) is 7.99. The van der Waals surface area contributed by atoms with Gasteiger partial charge < -0.3 is 5.11 Å². The summed E-state index contributed by atoms with van der Waals surface area (Å²) in [7, 11) is -0.215. The van der Waals surface area contributed by atoms with E-state index < -0.39 is 0 Å². The Bertz CT molecular complexity index is 980. The Labute approximate surface area is 182 Å². The molecule has 2 heteroatoms. The van der Waals surface area contributed by atoms with Gasteiger partial charge in [-0.05, 0) is 64.7 Å². The van der Waals surface area contributed by atoms with Gasteiger partial charge in [-0.15, -0.1) is 0 Å². The highest BCUT2D eigenvalue weighted by Gasteiger charge is 2.34. The van der Waals surface area contributed by atoms with Crippen molar-refractivity contribution in [3.05, 3.63) is 60.7 Å². The number of rotatable bonds is 4. The second kappa shape index (κ2) is 9.11. The highest BCUT2D eigenvalue weighted by atomic mass is 31.1. The minimum atomic E-state index is -0.215. The molecule has 0 spiro atoms. The van der Waals surface area contributed by atoms with Gasteiger partial charge in [0.2, 0.25) is 0 Å². The largest absolute Gasteiger partial charge is 0.507 e. The van der Waals surface area contributed by atoms with Crippen LogP contribution in [0.25, 0.3) is 21.9 Å². The van der Waals surface area contributed by atoms with Gasteiger partial charge in [-0.25, -0.2) is 0 Å². The number of fused-ring (bicyclic) bond motifs is 1. The van der Waals surface area contributed by atoms with Crippen LogP contribution in [0.5, 0.6) is 5.75 Å². The fourth-order valence-electron chi connectivity index (χ4n) is 5.86. The molecule has 2 aliphatic rings. The second-order valence-electron chi connectivity index (χ2n) is 9.19. The average Bonchev–Trinajstić information content (AvgIpc) is 2.81. The normalized spacial score (nSPS) is 18.8. The van der Waals surface area contributed by atoms with Crippen molar-refractivity contribution in [2.75, 3.05) is 0 Å². The van der Waals surface area contributed by atoms with Gasteiger partial charge in [-0.3, -0.25) is 0 Å². The van der Waals surface area contributed by atoms with Gasteiger partial charge in [0, 0.05) is 5.56 Å². The molecule has 0 bridgehead atoms. The van der Waals surface area contributed by atoms with E-state index >= 15 is 0 Å². The van der Waals surface area contributed by atoms with Gasteiger partial charge in [0.15, 0.2) is 0 Å². The Kier molecular flexibility index (Phi) is 6.09. The summed E-state index contributed by atoms with van der Waals surface area (Å²) in [5.41, 5.74) is 4.04. The summed E-state index contributed by atoms with van der Waals surface area (Å²) < 4.78 is 0. The zero-order valence-electron chi connectivity index (χ0n) is 17.9. The number of aromatic hydroxyl groups is 1. The van der Waals surface area contributed by atoms with E-state index in [-0.39, 0.29) is 7.92 Å². The molecule has 1 N–H and O–H groups in total. The molecule has 5 rings (SSSR count).